The van der Waals surface area contributed by atoms with Gasteiger partial charge < -0.3 is 4.42 Å². The molecule has 6 nitrogen and oxygen atoms in total. The van der Waals surface area contributed by atoms with Crippen molar-refractivity contribution in [3.05, 3.63) is 35.3 Å². The molecule has 2 aliphatic carbocycles. The molecule has 1 aliphatic heterocycles. The van der Waals surface area contributed by atoms with E-state index in [4.69, 9.17) is 4.42 Å². The maximum Gasteiger partial charge on any atom is 0.305 e. The number of hydrogen-bond donors (Lipinski definition) is 1. The molecule has 2 saturated carbocycles. The molecule has 0 unspecified atom stereocenters. The molecular weight excluding hydrogens is 296 g/mol. The summed E-state index contributed by atoms with van der Waals surface area (Å²) in [5.74, 6) is -1.40. The van der Waals surface area contributed by atoms with Crippen LogP contribution in [0, 0.1) is 23.7 Å². The summed E-state index contributed by atoms with van der Waals surface area (Å²) in [6, 6.07) is 3.07. The first kappa shape index (κ1) is 14.2. The molecule has 0 radical (unpaired) electrons. The topological polar surface area (TPSA) is 79.6 Å². The minimum Gasteiger partial charge on any atom is -0.459 e. The number of amides is 3. The van der Waals surface area contributed by atoms with Gasteiger partial charge in [0.05, 0.1) is 18.1 Å². The van der Waals surface area contributed by atoms with Gasteiger partial charge in [0.25, 0.3) is 11.8 Å². The number of fused-ring (bicyclic) bond motifs is 5. The molecule has 23 heavy (non-hydrogen) atoms. The Bertz CT molecular complexity index is 698. The summed E-state index contributed by atoms with van der Waals surface area (Å²) >= 11 is 0. The summed E-state index contributed by atoms with van der Waals surface area (Å²) in [6.07, 6.45) is 3.27. The number of nitrogens with one attached hydrogen (secondary N) is 1. The first-order valence-electron chi connectivity index (χ1n) is 7.90. The predicted molar refractivity (Wildman–Crippen MR) is 79.6 cm³/mol. The minimum absolute atomic E-state index is 0.0793. The molecule has 3 fully saturated rings. The third-order valence-corrected chi connectivity index (χ3v) is 5.39. The molecule has 0 spiro atoms. The molecule has 3 amide bonds. The van der Waals surface area contributed by atoms with Crippen LogP contribution in [-0.4, -0.2) is 22.7 Å². The summed E-state index contributed by atoms with van der Waals surface area (Å²) in [7, 11) is 0. The molecule has 120 valence electrons. The number of rotatable bonds is 2. The van der Waals surface area contributed by atoms with Crippen LogP contribution in [0.4, 0.5) is 0 Å². The first-order chi connectivity index (χ1) is 11.0. The van der Waals surface area contributed by atoms with E-state index >= 15 is 0 Å². The molecule has 4 rings (SSSR count). The van der Waals surface area contributed by atoms with Crippen LogP contribution in [0.1, 0.15) is 37.2 Å². The lowest BCUT2D eigenvalue weighted by molar-refractivity contribution is -0.143. The fourth-order valence-electron chi connectivity index (χ4n) is 4.67. The highest BCUT2D eigenvalue weighted by atomic mass is 16.3. The smallest absolute Gasteiger partial charge is 0.305 e. The van der Waals surface area contributed by atoms with Crippen LogP contribution < -0.4 is 5.43 Å². The highest BCUT2D eigenvalue weighted by Gasteiger charge is 2.63. The van der Waals surface area contributed by atoms with Crippen molar-refractivity contribution >= 4 is 17.7 Å². The second-order valence-electron chi connectivity index (χ2n) is 6.73. The van der Waals surface area contributed by atoms with Gasteiger partial charge in [-0.2, -0.15) is 5.01 Å². The molecular formula is C17H18N2O4. The average Bonchev–Trinajstić information content (AvgIpc) is 3.26. The molecule has 2 heterocycles. The average molecular weight is 314 g/mol. The zero-order chi connectivity index (χ0) is 16.3. The Kier molecular flexibility index (Phi) is 2.98. The molecule has 6 heteroatoms. The Balaban J connectivity index is 1.61. The lowest BCUT2D eigenvalue weighted by atomic mass is 9.81. The number of furan rings is 1. The Labute approximate surface area is 133 Å². The summed E-state index contributed by atoms with van der Waals surface area (Å²) in [5, 5.41) is 0.910. The number of imide groups is 1. The molecule has 1 N–H and O–H groups in total. The fraction of sp³-hybridized carbons (Fsp3) is 0.471. The van der Waals surface area contributed by atoms with Crippen LogP contribution in [0.3, 0.4) is 0 Å². The van der Waals surface area contributed by atoms with E-state index in [1.54, 1.807) is 6.07 Å². The second kappa shape index (κ2) is 4.81. The number of hydrogen-bond acceptors (Lipinski definition) is 4. The summed E-state index contributed by atoms with van der Waals surface area (Å²) in [5.41, 5.74) is 4.92. The molecule has 0 aromatic carbocycles. The standard InChI is InChI=1S/C17H18N2O4/c1-8(2)12-9-5-6-10(12)14-13(9)16(21)19(17(14)22)18-15(20)11-4-3-7-23-11/h3-4,7,9-10,13-14H,5-6H2,1-2H3,(H,18,20)/t9-,10-,13-,14+/m1/s1. The van der Waals surface area contributed by atoms with Crippen molar-refractivity contribution in [1.29, 1.82) is 0 Å². The van der Waals surface area contributed by atoms with Crippen LogP contribution in [0.5, 0.6) is 0 Å². The Morgan fingerprint density at radius 3 is 2.26 bits per heavy atom. The van der Waals surface area contributed by atoms with Crippen molar-refractivity contribution in [3.8, 4) is 0 Å². The van der Waals surface area contributed by atoms with Gasteiger partial charge in [-0.05, 0) is 50.7 Å². The van der Waals surface area contributed by atoms with Crippen LogP contribution in [0.25, 0.3) is 0 Å². The van der Waals surface area contributed by atoms with Gasteiger partial charge >= 0.3 is 5.91 Å². The molecule has 2 bridgehead atoms. The van der Waals surface area contributed by atoms with E-state index in [1.165, 1.54) is 23.5 Å². The van der Waals surface area contributed by atoms with Crippen LogP contribution in [-0.2, 0) is 9.59 Å². The quantitative estimate of drug-likeness (QED) is 0.668. The highest BCUT2D eigenvalue weighted by molar-refractivity contribution is 6.08. The van der Waals surface area contributed by atoms with E-state index in [1.807, 2.05) is 13.8 Å². The van der Waals surface area contributed by atoms with Crippen molar-refractivity contribution in [2.24, 2.45) is 23.7 Å². The first-order valence-corrected chi connectivity index (χ1v) is 7.90. The van der Waals surface area contributed by atoms with Crippen molar-refractivity contribution in [2.75, 3.05) is 0 Å². The van der Waals surface area contributed by atoms with Crippen molar-refractivity contribution in [3.63, 3.8) is 0 Å². The Morgan fingerprint density at radius 2 is 1.78 bits per heavy atom. The van der Waals surface area contributed by atoms with Crippen molar-refractivity contribution in [1.82, 2.24) is 10.4 Å². The maximum atomic E-state index is 12.7. The summed E-state index contributed by atoms with van der Waals surface area (Å²) in [4.78, 5) is 37.5. The lowest BCUT2D eigenvalue weighted by Gasteiger charge is -2.19. The minimum atomic E-state index is -0.577. The van der Waals surface area contributed by atoms with E-state index in [9.17, 15) is 14.4 Å². The highest BCUT2D eigenvalue weighted by Crippen LogP contribution is 2.59. The van der Waals surface area contributed by atoms with Gasteiger partial charge in [-0.1, -0.05) is 11.1 Å². The SMILES string of the molecule is CC(C)=C1[C@H]2CC[C@H]1[C@H]1C(=O)N(NC(=O)c3ccco3)C(=O)[C@H]12. The number of carbonyl (C=O) groups excluding carboxylic acids is 3. The van der Waals surface area contributed by atoms with Gasteiger partial charge in [-0.25, -0.2) is 0 Å². The van der Waals surface area contributed by atoms with Gasteiger partial charge in [-0.15, -0.1) is 0 Å². The fourth-order valence-corrected chi connectivity index (χ4v) is 4.67. The summed E-state index contributed by atoms with van der Waals surface area (Å²) < 4.78 is 5.00. The van der Waals surface area contributed by atoms with Gasteiger partial charge in [0, 0.05) is 0 Å². The summed E-state index contributed by atoms with van der Waals surface area (Å²) in [6.45, 7) is 4.10. The Morgan fingerprint density at radius 1 is 1.17 bits per heavy atom. The van der Waals surface area contributed by atoms with Gasteiger partial charge in [0.15, 0.2) is 5.76 Å². The zero-order valence-electron chi connectivity index (χ0n) is 13.0. The van der Waals surface area contributed by atoms with E-state index in [2.05, 4.69) is 5.43 Å². The third-order valence-electron chi connectivity index (χ3n) is 5.39. The van der Waals surface area contributed by atoms with Crippen molar-refractivity contribution < 1.29 is 18.8 Å². The number of nitrogens with zero attached hydrogens (tertiary/aromatic N) is 1. The molecule has 1 saturated heterocycles. The number of hydrazine groups is 1. The molecule has 1 aromatic rings. The van der Waals surface area contributed by atoms with E-state index in [0.29, 0.717) is 0 Å². The van der Waals surface area contributed by atoms with E-state index < -0.39 is 5.91 Å². The molecule has 1 aromatic heterocycles. The van der Waals surface area contributed by atoms with Crippen LogP contribution in [0.2, 0.25) is 0 Å². The largest absolute Gasteiger partial charge is 0.459 e. The normalized spacial score (nSPS) is 31.7. The maximum absolute atomic E-state index is 12.7. The van der Waals surface area contributed by atoms with Crippen molar-refractivity contribution in [2.45, 2.75) is 26.7 Å². The zero-order valence-corrected chi connectivity index (χ0v) is 13.0. The number of carbonyl (C=O) groups is 3. The van der Waals surface area contributed by atoms with Gasteiger partial charge in [-0.3, -0.25) is 19.8 Å². The third kappa shape index (κ3) is 1.84. The van der Waals surface area contributed by atoms with E-state index in [0.717, 1.165) is 17.9 Å². The Hall–Kier alpha value is -2.37. The monoisotopic (exact) mass is 314 g/mol. The number of allylic oxidation sites excluding steroid dienone is 2. The molecule has 3 aliphatic rings. The van der Waals surface area contributed by atoms with Gasteiger partial charge in [0.2, 0.25) is 0 Å². The van der Waals surface area contributed by atoms with Gasteiger partial charge in [0.1, 0.15) is 0 Å². The lowest BCUT2D eigenvalue weighted by Crippen LogP contribution is -2.47. The van der Waals surface area contributed by atoms with E-state index in [-0.39, 0.29) is 41.2 Å². The van der Waals surface area contributed by atoms with Crippen LogP contribution >= 0.6 is 0 Å². The predicted octanol–water partition coefficient (Wildman–Crippen LogP) is 1.90. The second-order valence-corrected chi connectivity index (χ2v) is 6.73. The van der Waals surface area contributed by atoms with Crippen LogP contribution in [0.15, 0.2) is 34.0 Å². The molecule has 4 atom stereocenters.